The number of hydrogen-bond donors (Lipinski definition) is 1. The van der Waals surface area contributed by atoms with E-state index in [4.69, 9.17) is 4.74 Å². The Labute approximate surface area is 123 Å². The number of pyridine rings is 1. The first kappa shape index (κ1) is 13.3. The third kappa shape index (κ3) is 3.08. The van der Waals surface area contributed by atoms with Crippen molar-refractivity contribution in [3.8, 4) is 5.88 Å². The van der Waals surface area contributed by atoms with Crippen LogP contribution in [-0.4, -0.2) is 21.1 Å². The van der Waals surface area contributed by atoms with Crippen LogP contribution in [0.1, 0.15) is 13.8 Å². The van der Waals surface area contributed by atoms with E-state index >= 15 is 0 Å². The molecule has 2 heterocycles. The lowest BCUT2D eigenvalue weighted by molar-refractivity contribution is 0.234. The van der Waals surface area contributed by atoms with Crippen LogP contribution in [0.2, 0.25) is 0 Å². The molecule has 0 spiro atoms. The third-order valence-electron chi connectivity index (χ3n) is 2.80. The number of anilines is 2. The molecule has 0 radical (unpaired) electrons. The van der Waals surface area contributed by atoms with Crippen LogP contribution in [0.4, 0.5) is 11.6 Å². The number of hydrogen-bond acceptors (Lipinski definition) is 5. The zero-order valence-electron chi connectivity index (χ0n) is 11.9. The van der Waals surface area contributed by atoms with Gasteiger partial charge in [-0.15, -0.1) is 0 Å². The molecule has 106 valence electrons. The zero-order chi connectivity index (χ0) is 14.7. The fourth-order valence-electron chi connectivity index (χ4n) is 1.93. The summed E-state index contributed by atoms with van der Waals surface area (Å²) < 4.78 is 5.76. The minimum atomic E-state index is 0.0183. The first-order valence-corrected chi connectivity index (χ1v) is 6.84. The van der Waals surface area contributed by atoms with Gasteiger partial charge in [-0.25, -0.2) is 15.0 Å². The average molecular weight is 280 g/mol. The molecule has 3 aromatic rings. The molecule has 0 saturated heterocycles. The number of rotatable bonds is 4. The van der Waals surface area contributed by atoms with Gasteiger partial charge in [0.15, 0.2) is 5.82 Å². The molecule has 1 N–H and O–H groups in total. The summed E-state index contributed by atoms with van der Waals surface area (Å²) in [6, 6.07) is 13.4. The molecule has 5 nitrogen and oxygen atoms in total. The van der Waals surface area contributed by atoms with E-state index in [1.807, 2.05) is 56.3 Å². The number of nitrogens with zero attached hydrogens (tertiary/aromatic N) is 3. The third-order valence-corrected chi connectivity index (χ3v) is 2.80. The van der Waals surface area contributed by atoms with Gasteiger partial charge in [0.2, 0.25) is 0 Å². The van der Waals surface area contributed by atoms with Crippen LogP contribution in [0.15, 0.2) is 48.7 Å². The number of benzene rings is 1. The van der Waals surface area contributed by atoms with Gasteiger partial charge in [-0.2, -0.15) is 0 Å². The van der Waals surface area contributed by atoms with Crippen LogP contribution in [-0.2, 0) is 0 Å². The summed E-state index contributed by atoms with van der Waals surface area (Å²) in [4.78, 5) is 13.4. The molecule has 0 aliphatic rings. The van der Waals surface area contributed by atoms with E-state index in [0.717, 1.165) is 11.0 Å². The first-order chi connectivity index (χ1) is 10.2. The Morgan fingerprint density at radius 2 is 1.67 bits per heavy atom. The molecule has 5 heteroatoms. The molecule has 0 atom stereocenters. The van der Waals surface area contributed by atoms with Gasteiger partial charge in [-0.3, -0.25) is 0 Å². The summed E-state index contributed by atoms with van der Waals surface area (Å²) in [6.45, 7) is 3.92. The first-order valence-electron chi connectivity index (χ1n) is 6.84. The number of ether oxygens (including phenoxy) is 1. The van der Waals surface area contributed by atoms with Crippen LogP contribution in [0, 0.1) is 0 Å². The second kappa shape index (κ2) is 5.75. The van der Waals surface area contributed by atoms with Gasteiger partial charge in [0, 0.05) is 6.20 Å². The smallest absolute Gasteiger partial charge is 0.258 e. The number of para-hydroxylation sites is 2. The average Bonchev–Trinajstić information content (AvgIpc) is 2.48. The molecule has 0 amide bonds. The van der Waals surface area contributed by atoms with Crippen LogP contribution < -0.4 is 10.1 Å². The second-order valence-electron chi connectivity index (χ2n) is 4.87. The Morgan fingerprint density at radius 3 is 2.33 bits per heavy atom. The van der Waals surface area contributed by atoms with Crippen molar-refractivity contribution in [2.75, 3.05) is 5.32 Å². The predicted molar refractivity (Wildman–Crippen MR) is 82.8 cm³/mol. The molecule has 2 aromatic heterocycles. The second-order valence-corrected chi connectivity index (χ2v) is 4.87. The van der Waals surface area contributed by atoms with E-state index < -0.39 is 0 Å². The minimum Gasteiger partial charge on any atom is -0.472 e. The van der Waals surface area contributed by atoms with Gasteiger partial charge >= 0.3 is 0 Å². The standard InChI is InChI=1S/C16H16N4O/c1-11(2)21-16-15(20-14-9-5-6-10-17-14)18-12-7-3-4-8-13(12)19-16/h3-11H,1-2H3,(H,17,18,20). The lowest BCUT2D eigenvalue weighted by Crippen LogP contribution is -2.10. The SMILES string of the molecule is CC(C)Oc1nc2ccccc2nc1Nc1ccccn1. The van der Waals surface area contributed by atoms with Crippen LogP contribution in [0.3, 0.4) is 0 Å². The van der Waals surface area contributed by atoms with Crippen molar-refractivity contribution in [1.82, 2.24) is 15.0 Å². The molecule has 0 saturated carbocycles. The van der Waals surface area contributed by atoms with Crippen molar-refractivity contribution in [1.29, 1.82) is 0 Å². The summed E-state index contributed by atoms with van der Waals surface area (Å²) in [5, 5.41) is 3.16. The lowest BCUT2D eigenvalue weighted by Gasteiger charge is -2.14. The highest BCUT2D eigenvalue weighted by Gasteiger charge is 2.12. The fraction of sp³-hybridized carbons (Fsp3) is 0.188. The summed E-state index contributed by atoms with van der Waals surface area (Å²) in [5.41, 5.74) is 1.62. The van der Waals surface area contributed by atoms with E-state index in [2.05, 4.69) is 20.3 Å². The monoisotopic (exact) mass is 280 g/mol. The molecular weight excluding hydrogens is 264 g/mol. The summed E-state index contributed by atoms with van der Waals surface area (Å²) in [7, 11) is 0. The highest BCUT2D eigenvalue weighted by molar-refractivity contribution is 5.78. The molecular formula is C16H16N4O. The number of aromatic nitrogens is 3. The van der Waals surface area contributed by atoms with Crippen LogP contribution in [0.5, 0.6) is 5.88 Å². The van der Waals surface area contributed by atoms with E-state index in [1.54, 1.807) is 6.20 Å². The van der Waals surface area contributed by atoms with E-state index in [1.165, 1.54) is 0 Å². The Bertz CT molecular complexity index is 744. The van der Waals surface area contributed by atoms with Gasteiger partial charge in [0.1, 0.15) is 5.82 Å². The van der Waals surface area contributed by atoms with Crippen molar-refractivity contribution in [3.63, 3.8) is 0 Å². The van der Waals surface area contributed by atoms with Gasteiger partial charge in [-0.1, -0.05) is 18.2 Å². The van der Waals surface area contributed by atoms with Gasteiger partial charge < -0.3 is 10.1 Å². The lowest BCUT2D eigenvalue weighted by atomic mass is 10.3. The fourth-order valence-corrected chi connectivity index (χ4v) is 1.93. The highest BCUT2D eigenvalue weighted by Crippen LogP contribution is 2.26. The van der Waals surface area contributed by atoms with Crippen molar-refractivity contribution < 1.29 is 4.74 Å². The molecule has 0 bridgehead atoms. The van der Waals surface area contributed by atoms with Gasteiger partial charge in [0.05, 0.1) is 17.1 Å². The summed E-state index contributed by atoms with van der Waals surface area (Å²) in [6.07, 6.45) is 1.74. The van der Waals surface area contributed by atoms with E-state index in [0.29, 0.717) is 17.5 Å². The van der Waals surface area contributed by atoms with E-state index in [9.17, 15) is 0 Å². The number of nitrogens with one attached hydrogen (secondary N) is 1. The van der Waals surface area contributed by atoms with Gasteiger partial charge in [-0.05, 0) is 38.1 Å². The topological polar surface area (TPSA) is 59.9 Å². The predicted octanol–water partition coefficient (Wildman–Crippen LogP) is 3.56. The van der Waals surface area contributed by atoms with Crippen molar-refractivity contribution in [2.45, 2.75) is 20.0 Å². The quantitative estimate of drug-likeness (QED) is 0.792. The van der Waals surface area contributed by atoms with Crippen LogP contribution in [0.25, 0.3) is 11.0 Å². The molecule has 0 aliphatic heterocycles. The maximum absolute atomic E-state index is 5.76. The maximum atomic E-state index is 5.76. The molecule has 1 aromatic carbocycles. The Balaban J connectivity index is 2.05. The normalized spacial score (nSPS) is 10.8. The van der Waals surface area contributed by atoms with Crippen molar-refractivity contribution in [2.24, 2.45) is 0 Å². The molecule has 0 fully saturated rings. The Morgan fingerprint density at radius 1 is 0.952 bits per heavy atom. The summed E-state index contributed by atoms with van der Waals surface area (Å²) in [5.74, 6) is 1.76. The van der Waals surface area contributed by atoms with Crippen molar-refractivity contribution in [3.05, 3.63) is 48.7 Å². The minimum absolute atomic E-state index is 0.0183. The molecule has 0 unspecified atom stereocenters. The molecule has 21 heavy (non-hydrogen) atoms. The Hall–Kier alpha value is -2.69. The molecule has 0 aliphatic carbocycles. The van der Waals surface area contributed by atoms with Crippen LogP contribution >= 0.6 is 0 Å². The summed E-state index contributed by atoms with van der Waals surface area (Å²) >= 11 is 0. The van der Waals surface area contributed by atoms with Crippen molar-refractivity contribution >= 4 is 22.7 Å². The molecule has 3 rings (SSSR count). The number of fused-ring (bicyclic) bond motifs is 1. The largest absolute Gasteiger partial charge is 0.472 e. The zero-order valence-corrected chi connectivity index (χ0v) is 11.9. The van der Waals surface area contributed by atoms with E-state index in [-0.39, 0.29) is 6.10 Å². The Kier molecular flexibility index (Phi) is 3.64. The highest BCUT2D eigenvalue weighted by atomic mass is 16.5. The van der Waals surface area contributed by atoms with Gasteiger partial charge in [0.25, 0.3) is 5.88 Å². The maximum Gasteiger partial charge on any atom is 0.258 e.